The summed E-state index contributed by atoms with van der Waals surface area (Å²) < 4.78 is 5.15. The smallest absolute Gasteiger partial charge is 0.407 e. The lowest BCUT2D eigenvalue weighted by Crippen LogP contribution is -2.32. The molecule has 0 fully saturated rings. The summed E-state index contributed by atoms with van der Waals surface area (Å²) in [4.78, 5) is 11.4. The van der Waals surface area contributed by atoms with Crippen LogP contribution in [-0.4, -0.2) is 23.3 Å². The fourth-order valence-electron chi connectivity index (χ4n) is 1.79. The van der Waals surface area contributed by atoms with Gasteiger partial charge in [-0.15, -0.1) is 0 Å². The van der Waals surface area contributed by atoms with Crippen LogP contribution in [-0.2, 0) is 11.3 Å². The summed E-state index contributed by atoms with van der Waals surface area (Å²) in [6, 6.07) is 5.92. The number of aryl methyl sites for hydroxylation is 1. The van der Waals surface area contributed by atoms with Crippen LogP contribution in [0.3, 0.4) is 0 Å². The van der Waals surface area contributed by atoms with E-state index in [-0.39, 0.29) is 12.7 Å². The summed E-state index contributed by atoms with van der Waals surface area (Å²) in [5.74, 6) is 0. The Morgan fingerprint density at radius 1 is 1.38 bits per heavy atom. The molecule has 0 unspecified atom stereocenters. The summed E-state index contributed by atoms with van der Waals surface area (Å²) in [6.07, 6.45) is 4.36. The predicted molar refractivity (Wildman–Crippen MR) is 85.0 cm³/mol. The van der Waals surface area contributed by atoms with Crippen LogP contribution in [0.2, 0.25) is 0 Å². The summed E-state index contributed by atoms with van der Waals surface area (Å²) in [5.41, 5.74) is 2.64. The third-order valence-corrected chi connectivity index (χ3v) is 2.83. The third kappa shape index (κ3) is 6.95. The van der Waals surface area contributed by atoms with E-state index in [1.54, 1.807) is 0 Å². The molecule has 0 radical (unpaired) electrons. The van der Waals surface area contributed by atoms with E-state index < -0.39 is 5.60 Å². The molecular formula is C17H25NO3. The van der Waals surface area contributed by atoms with E-state index in [0.717, 1.165) is 23.1 Å². The molecule has 0 saturated heterocycles. The molecule has 2 N–H and O–H groups in total. The lowest BCUT2D eigenvalue weighted by molar-refractivity contribution is 0.0529. The normalized spacial score (nSPS) is 11.7. The first-order chi connectivity index (χ1) is 9.81. The number of hydrogen-bond acceptors (Lipinski definition) is 3. The molecule has 0 atom stereocenters. The van der Waals surface area contributed by atoms with E-state index >= 15 is 0 Å². The Hall–Kier alpha value is -1.81. The number of ether oxygens (including phenoxy) is 1. The highest BCUT2D eigenvalue weighted by atomic mass is 16.6. The number of hydrogen-bond donors (Lipinski definition) is 2. The van der Waals surface area contributed by atoms with Crippen molar-refractivity contribution in [2.75, 3.05) is 6.54 Å². The molecule has 1 rings (SSSR count). The topological polar surface area (TPSA) is 58.6 Å². The molecule has 0 saturated carbocycles. The Morgan fingerprint density at radius 3 is 2.67 bits per heavy atom. The maximum absolute atomic E-state index is 11.4. The second-order valence-corrected chi connectivity index (χ2v) is 5.96. The van der Waals surface area contributed by atoms with Gasteiger partial charge in [0.15, 0.2) is 0 Å². The maximum Gasteiger partial charge on any atom is 0.407 e. The van der Waals surface area contributed by atoms with Crippen molar-refractivity contribution in [2.24, 2.45) is 0 Å². The Kier molecular flexibility index (Phi) is 6.43. The number of carbonyl (C=O) groups excluding carboxylic acids is 1. The minimum Gasteiger partial charge on any atom is -0.444 e. The van der Waals surface area contributed by atoms with Gasteiger partial charge in [0.25, 0.3) is 0 Å². The van der Waals surface area contributed by atoms with Crippen LogP contribution < -0.4 is 5.32 Å². The van der Waals surface area contributed by atoms with Gasteiger partial charge in [0, 0.05) is 6.54 Å². The highest BCUT2D eigenvalue weighted by molar-refractivity contribution is 5.67. The van der Waals surface area contributed by atoms with Gasteiger partial charge in [0.05, 0.1) is 6.61 Å². The van der Waals surface area contributed by atoms with Crippen LogP contribution in [0.4, 0.5) is 4.79 Å². The van der Waals surface area contributed by atoms with E-state index in [1.165, 1.54) is 0 Å². The first-order valence-electron chi connectivity index (χ1n) is 7.15. The van der Waals surface area contributed by atoms with Crippen molar-refractivity contribution in [1.29, 1.82) is 0 Å². The van der Waals surface area contributed by atoms with Crippen molar-refractivity contribution in [2.45, 2.75) is 46.3 Å². The molecule has 0 aliphatic rings. The molecule has 0 spiro atoms. The molecule has 0 bridgehead atoms. The molecule has 0 aliphatic carbocycles. The van der Waals surface area contributed by atoms with Crippen LogP contribution in [0.15, 0.2) is 24.3 Å². The predicted octanol–water partition coefficient (Wildman–Crippen LogP) is 3.42. The van der Waals surface area contributed by atoms with Crippen LogP contribution >= 0.6 is 0 Å². The maximum atomic E-state index is 11.4. The molecule has 0 heterocycles. The van der Waals surface area contributed by atoms with E-state index in [2.05, 4.69) is 5.32 Å². The average molecular weight is 291 g/mol. The summed E-state index contributed by atoms with van der Waals surface area (Å²) in [6.45, 7) is 8.10. The minimum atomic E-state index is -0.466. The molecule has 21 heavy (non-hydrogen) atoms. The zero-order valence-electron chi connectivity index (χ0n) is 13.3. The highest BCUT2D eigenvalue weighted by Gasteiger charge is 2.15. The average Bonchev–Trinajstić information content (AvgIpc) is 2.36. The Balaban J connectivity index is 2.35. The quantitative estimate of drug-likeness (QED) is 0.817. The number of rotatable bonds is 5. The van der Waals surface area contributed by atoms with Gasteiger partial charge in [-0.05, 0) is 50.8 Å². The second kappa shape index (κ2) is 7.84. The van der Waals surface area contributed by atoms with Gasteiger partial charge in [-0.1, -0.05) is 30.4 Å². The summed E-state index contributed by atoms with van der Waals surface area (Å²) in [7, 11) is 0. The lowest BCUT2D eigenvalue weighted by Gasteiger charge is -2.19. The zero-order chi connectivity index (χ0) is 15.9. The van der Waals surface area contributed by atoms with Crippen molar-refractivity contribution >= 4 is 12.2 Å². The molecule has 4 nitrogen and oxygen atoms in total. The first kappa shape index (κ1) is 17.2. The van der Waals surface area contributed by atoms with Gasteiger partial charge in [-0.2, -0.15) is 0 Å². The molecule has 4 heteroatoms. The number of aliphatic hydroxyl groups is 1. The first-order valence-corrected chi connectivity index (χ1v) is 7.15. The van der Waals surface area contributed by atoms with Gasteiger partial charge in [-0.3, -0.25) is 0 Å². The van der Waals surface area contributed by atoms with E-state index in [1.807, 2.05) is 58.0 Å². The molecule has 0 aromatic heterocycles. The number of nitrogens with one attached hydrogen (secondary N) is 1. The lowest BCUT2D eigenvalue weighted by atomic mass is 10.1. The molecule has 1 aromatic carbocycles. The van der Waals surface area contributed by atoms with Crippen molar-refractivity contribution in [3.63, 3.8) is 0 Å². The second-order valence-electron chi connectivity index (χ2n) is 5.96. The van der Waals surface area contributed by atoms with Crippen molar-refractivity contribution in [3.8, 4) is 0 Å². The number of amides is 1. The molecular weight excluding hydrogens is 266 g/mol. The largest absolute Gasteiger partial charge is 0.444 e. The number of aliphatic hydroxyl groups excluding tert-OH is 1. The number of benzene rings is 1. The van der Waals surface area contributed by atoms with Gasteiger partial charge in [-0.25, -0.2) is 4.79 Å². The number of alkyl carbamates (subject to hydrolysis) is 1. The Morgan fingerprint density at radius 2 is 2.10 bits per heavy atom. The van der Waals surface area contributed by atoms with Crippen molar-refractivity contribution in [1.82, 2.24) is 5.32 Å². The fraction of sp³-hybridized carbons (Fsp3) is 0.471. The molecule has 1 amide bonds. The van der Waals surface area contributed by atoms with E-state index in [0.29, 0.717) is 6.54 Å². The van der Waals surface area contributed by atoms with Gasteiger partial charge < -0.3 is 15.2 Å². The van der Waals surface area contributed by atoms with Gasteiger partial charge in [0.2, 0.25) is 0 Å². The molecule has 1 aromatic rings. The third-order valence-electron chi connectivity index (χ3n) is 2.83. The Bertz CT molecular complexity index is 501. The van der Waals surface area contributed by atoms with Crippen molar-refractivity contribution in [3.05, 3.63) is 41.0 Å². The molecule has 0 aliphatic heterocycles. The fourth-order valence-corrected chi connectivity index (χ4v) is 1.79. The Labute approximate surface area is 126 Å². The van der Waals surface area contributed by atoms with Crippen LogP contribution in [0, 0.1) is 6.92 Å². The van der Waals surface area contributed by atoms with Crippen LogP contribution in [0.25, 0.3) is 6.08 Å². The highest BCUT2D eigenvalue weighted by Crippen LogP contribution is 2.12. The van der Waals surface area contributed by atoms with E-state index in [9.17, 15) is 4.79 Å². The van der Waals surface area contributed by atoms with E-state index in [4.69, 9.17) is 9.84 Å². The monoisotopic (exact) mass is 291 g/mol. The minimum absolute atomic E-state index is 0.0651. The summed E-state index contributed by atoms with van der Waals surface area (Å²) in [5, 5.41) is 11.8. The summed E-state index contributed by atoms with van der Waals surface area (Å²) >= 11 is 0. The molecule has 116 valence electrons. The van der Waals surface area contributed by atoms with Crippen molar-refractivity contribution < 1.29 is 14.6 Å². The standard InChI is InChI=1S/C17H25NO3/c1-13-11-14(8-9-15(13)12-19)7-5-6-10-18-16(20)21-17(2,3)4/h5,7-9,11,19H,6,10,12H2,1-4H3,(H,18,20). The van der Waals surface area contributed by atoms with Crippen LogP contribution in [0.1, 0.15) is 43.9 Å². The van der Waals surface area contributed by atoms with Gasteiger partial charge >= 0.3 is 6.09 Å². The SMILES string of the molecule is Cc1cc(C=CCCNC(=O)OC(C)(C)C)ccc1CO. The zero-order valence-corrected chi connectivity index (χ0v) is 13.3. The van der Waals surface area contributed by atoms with Gasteiger partial charge in [0.1, 0.15) is 5.60 Å². The number of carbonyl (C=O) groups is 1. The van der Waals surface area contributed by atoms with Crippen LogP contribution in [0.5, 0.6) is 0 Å².